The molecule has 17 heavy (non-hydrogen) atoms. The molecule has 96 valence electrons. The van der Waals surface area contributed by atoms with Gasteiger partial charge in [-0.05, 0) is 6.92 Å². The van der Waals surface area contributed by atoms with E-state index < -0.39 is 47.9 Å². The Kier molecular flexibility index (Phi) is 2.25. The first-order valence-electron chi connectivity index (χ1n) is 5.04. The van der Waals surface area contributed by atoms with E-state index in [1.807, 2.05) is 0 Å². The Morgan fingerprint density at radius 2 is 2.12 bits per heavy atom. The van der Waals surface area contributed by atoms with Crippen molar-refractivity contribution in [2.45, 2.75) is 31.5 Å². The van der Waals surface area contributed by atoms with Crippen LogP contribution in [0.5, 0.6) is 0 Å². The van der Waals surface area contributed by atoms with Crippen LogP contribution >= 0.6 is 0 Å². The van der Waals surface area contributed by atoms with E-state index in [4.69, 9.17) is 0 Å². The Morgan fingerprint density at radius 3 is 2.59 bits per heavy atom. The Morgan fingerprint density at radius 1 is 1.53 bits per heavy atom. The summed E-state index contributed by atoms with van der Waals surface area (Å²) in [7, 11) is 1.11. The van der Waals surface area contributed by atoms with Gasteiger partial charge in [0.1, 0.15) is 0 Å². The number of rotatable bonds is 1. The minimum absolute atomic E-state index is 0.398. The first-order chi connectivity index (χ1) is 7.67. The van der Waals surface area contributed by atoms with E-state index in [1.165, 1.54) is 6.92 Å². The fraction of sp³-hybridized carbons (Fsp3) is 0.800. The largest absolute Gasteiger partial charge is 0.469 e. The highest BCUT2D eigenvalue weighted by Crippen LogP contribution is 2.66. The standard InChI is InChI=1S/C10H11F3O4/c1-8(7(15)16-2)4-9(10(11,12)13)5(8)3-6(14)17-9/h5H,3-4H2,1-2H3. The highest BCUT2D eigenvalue weighted by atomic mass is 19.4. The molecule has 1 heterocycles. The Hall–Kier alpha value is -1.27. The predicted octanol–water partition coefficient (Wildman–Crippen LogP) is 1.43. The highest BCUT2D eigenvalue weighted by molar-refractivity contribution is 5.83. The van der Waals surface area contributed by atoms with Gasteiger partial charge < -0.3 is 9.47 Å². The summed E-state index contributed by atoms with van der Waals surface area (Å²) in [6.45, 7) is 1.37. The molecule has 0 radical (unpaired) electrons. The summed E-state index contributed by atoms with van der Waals surface area (Å²) in [5.74, 6) is -2.84. The van der Waals surface area contributed by atoms with Crippen molar-refractivity contribution in [3.8, 4) is 0 Å². The minimum Gasteiger partial charge on any atom is -0.469 e. The van der Waals surface area contributed by atoms with Crippen LogP contribution < -0.4 is 0 Å². The molecular formula is C10H11F3O4. The normalized spacial score (nSPS) is 40.3. The third-order valence-corrected chi connectivity index (χ3v) is 3.76. The second kappa shape index (κ2) is 3.14. The number of methoxy groups -OCH3 is 1. The summed E-state index contributed by atoms with van der Waals surface area (Å²) in [6.07, 6.45) is -5.62. The van der Waals surface area contributed by atoms with E-state index >= 15 is 0 Å². The lowest BCUT2D eigenvalue weighted by atomic mass is 9.51. The maximum absolute atomic E-state index is 12.9. The van der Waals surface area contributed by atoms with Gasteiger partial charge in [0.15, 0.2) is 0 Å². The number of carbonyl (C=O) groups excluding carboxylic acids is 2. The van der Waals surface area contributed by atoms with E-state index in [2.05, 4.69) is 9.47 Å². The SMILES string of the molecule is COC(=O)C1(C)CC2(C(F)(F)F)OC(=O)CC12. The lowest BCUT2D eigenvalue weighted by Gasteiger charge is -2.54. The smallest absolute Gasteiger partial charge is 0.428 e. The zero-order chi connectivity index (χ0) is 13.1. The molecule has 2 aliphatic rings. The Bertz CT molecular complexity index is 392. The molecule has 2 rings (SSSR count). The summed E-state index contributed by atoms with van der Waals surface area (Å²) < 4.78 is 47.6. The van der Waals surface area contributed by atoms with Crippen LogP contribution in [0.1, 0.15) is 19.8 Å². The molecule has 0 bridgehead atoms. The van der Waals surface area contributed by atoms with Crippen LogP contribution in [-0.4, -0.2) is 30.8 Å². The second-order valence-corrected chi connectivity index (χ2v) is 4.70. The monoisotopic (exact) mass is 252 g/mol. The molecule has 1 aliphatic heterocycles. The third-order valence-electron chi connectivity index (χ3n) is 3.76. The van der Waals surface area contributed by atoms with Crippen LogP contribution in [0.3, 0.4) is 0 Å². The first kappa shape index (κ1) is 12.2. The molecule has 1 saturated heterocycles. The zero-order valence-corrected chi connectivity index (χ0v) is 9.26. The average Bonchev–Trinajstić information content (AvgIpc) is 2.49. The van der Waals surface area contributed by atoms with E-state index in [9.17, 15) is 22.8 Å². The second-order valence-electron chi connectivity index (χ2n) is 4.70. The maximum atomic E-state index is 12.9. The molecule has 3 atom stereocenters. The van der Waals surface area contributed by atoms with Gasteiger partial charge >= 0.3 is 18.1 Å². The van der Waals surface area contributed by atoms with Crippen LogP contribution in [0.15, 0.2) is 0 Å². The molecule has 1 saturated carbocycles. The van der Waals surface area contributed by atoms with Crippen molar-refractivity contribution in [3.63, 3.8) is 0 Å². The lowest BCUT2D eigenvalue weighted by molar-refractivity contribution is -0.325. The van der Waals surface area contributed by atoms with Gasteiger partial charge in [-0.3, -0.25) is 9.59 Å². The molecule has 0 N–H and O–H groups in total. The summed E-state index contributed by atoms with van der Waals surface area (Å²) >= 11 is 0. The lowest BCUT2D eigenvalue weighted by Crippen LogP contribution is -2.68. The highest BCUT2D eigenvalue weighted by Gasteiger charge is 2.80. The summed E-state index contributed by atoms with van der Waals surface area (Å²) in [4.78, 5) is 22.6. The van der Waals surface area contributed by atoms with Crippen molar-refractivity contribution in [2.75, 3.05) is 7.11 Å². The van der Waals surface area contributed by atoms with Gasteiger partial charge in [-0.1, -0.05) is 0 Å². The van der Waals surface area contributed by atoms with Crippen molar-refractivity contribution in [2.24, 2.45) is 11.3 Å². The van der Waals surface area contributed by atoms with Crippen LogP contribution in [0.25, 0.3) is 0 Å². The Labute approximate surface area is 95.1 Å². The molecule has 4 nitrogen and oxygen atoms in total. The number of esters is 2. The number of hydrogen-bond acceptors (Lipinski definition) is 4. The van der Waals surface area contributed by atoms with Crippen molar-refractivity contribution in [3.05, 3.63) is 0 Å². The number of halogens is 3. The van der Waals surface area contributed by atoms with Gasteiger partial charge in [0.05, 0.1) is 18.9 Å². The number of ether oxygens (including phenoxy) is 2. The molecule has 3 unspecified atom stereocenters. The predicted molar refractivity (Wildman–Crippen MR) is 47.7 cm³/mol. The van der Waals surface area contributed by atoms with Gasteiger partial charge in [-0.15, -0.1) is 0 Å². The zero-order valence-electron chi connectivity index (χ0n) is 9.26. The molecule has 7 heteroatoms. The van der Waals surface area contributed by atoms with Gasteiger partial charge in [0.2, 0.25) is 5.60 Å². The minimum atomic E-state index is -4.66. The van der Waals surface area contributed by atoms with Crippen LogP contribution in [-0.2, 0) is 19.1 Å². The van der Waals surface area contributed by atoms with Crippen LogP contribution in [0.2, 0.25) is 0 Å². The molecule has 0 amide bonds. The molecule has 1 aliphatic carbocycles. The van der Waals surface area contributed by atoms with E-state index in [1.54, 1.807) is 0 Å². The molecule has 0 aromatic heterocycles. The number of alkyl halides is 3. The fourth-order valence-corrected chi connectivity index (χ4v) is 2.89. The third kappa shape index (κ3) is 1.31. The van der Waals surface area contributed by atoms with Crippen molar-refractivity contribution < 1.29 is 32.2 Å². The average molecular weight is 252 g/mol. The van der Waals surface area contributed by atoms with E-state index in [-0.39, 0.29) is 0 Å². The summed E-state index contributed by atoms with van der Waals surface area (Å²) in [5, 5.41) is 0. The molecule has 0 aromatic carbocycles. The van der Waals surface area contributed by atoms with Crippen LogP contribution in [0.4, 0.5) is 13.2 Å². The first-order valence-corrected chi connectivity index (χ1v) is 5.04. The van der Waals surface area contributed by atoms with Crippen molar-refractivity contribution in [1.82, 2.24) is 0 Å². The van der Waals surface area contributed by atoms with Gasteiger partial charge in [0.25, 0.3) is 0 Å². The summed E-state index contributed by atoms with van der Waals surface area (Å²) in [6, 6.07) is 0. The molecular weight excluding hydrogens is 241 g/mol. The fourth-order valence-electron chi connectivity index (χ4n) is 2.89. The number of hydrogen-bond donors (Lipinski definition) is 0. The quantitative estimate of drug-likeness (QED) is 0.662. The van der Waals surface area contributed by atoms with Crippen molar-refractivity contribution >= 4 is 11.9 Å². The van der Waals surface area contributed by atoms with E-state index in [0.717, 1.165) is 7.11 Å². The van der Waals surface area contributed by atoms with Gasteiger partial charge in [0, 0.05) is 12.3 Å². The Balaban J connectivity index is 2.35. The van der Waals surface area contributed by atoms with Gasteiger partial charge in [-0.2, -0.15) is 13.2 Å². The van der Waals surface area contributed by atoms with Crippen LogP contribution in [0, 0.1) is 11.3 Å². The van der Waals surface area contributed by atoms with Gasteiger partial charge in [-0.25, -0.2) is 0 Å². The number of carbonyl (C=O) groups is 2. The number of fused-ring (bicyclic) bond motifs is 1. The summed E-state index contributed by atoms with van der Waals surface area (Å²) in [5.41, 5.74) is -3.79. The van der Waals surface area contributed by atoms with Crippen molar-refractivity contribution in [1.29, 1.82) is 0 Å². The van der Waals surface area contributed by atoms with E-state index in [0.29, 0.717) is 0 Å². The molecule has 0 aromatic rings. The maximum Gasteiger partial charge on any atom is 0.428 e. The topological polar surface area (TPSA) is 52.6 Å². The molecule has 0 spiro atoms. The molecule has 2 fully saturated rings.